The number of benzene rings is 1. The highest BCUT2D eigenvalue weighted by Gasteiger charge is 2.30. The van der Waals surface area contributed by atoms with Gasteiger partial charge in [0.2, 0.25) is 0 Å². The molecule has 3 rings (SSSR count). The maximum absolute atomic E-state index is 12.8. The van der Waals surface area contributed by atoms with Crippen LogP contribution in [0, 0.1) is 6.92 Å². The van der Waals surface area contributed by atoms with E-state index in [1.165, 1.54) is 18.3 Å². The molecule has 0 saturated heterocycles. The number of hydrogen-bond donors (Lipinski definition) is 1. The van der Waals surface area contributed by atoms with Gasteiger partial charge in [-0.1, -0.05) is 6.07 Å². The Kier molecular flexibility index (Phi) is 3.71. The summed E-state index contributed by atoms with van der Waals surface area (Å²) in [4.78, 5) is 19.7. The topological polar surface area (TPSA) is 68.9 Å². The predicted octanol–water partition coefficient (Wildman–Crippen LogP) is 3.72. The highest BCUT2D eigenvalue weighted by atomic mass is 19.4. The highest BCUT2D eigenvalue weighted by Crippen LogP contribution is 2.34. The highest BCUT2D eigenvalue weighted by molar-refractivity contribution is 5.98. The molecular formula is C17H12F3N3O. The summed E-state index contributed by atoms with van der Waals surface area (Å²) in [5, 5.41) is 0.664. The summed E-state index contributed by atoms with van der Waals surface area (Å²) in [6.07, 6.45) is -1.33. The maximum Gasteiger partial charge on any atom is 0.416 e. The number of rotatable bonds is 2. The predicted molar refractivity (Wildman–Crippen MR) is 83.2 cm³/mol. The fourth-order valence-corrected chi connectivity index (χ4v) is 2.52. The fraction of sp³-hybridized carbons (Fsp3) is 0.118. The molecule has 0 unspecified atom stereocenters. The Balaban J connectivity index is 2.22. The van der Waals surface area contributed by atoms with Gasteiger partial charge in [-0.15, -0.1) is 0 Å². The summed E-state index contributed by atoms with van der Waals surface area (Å²) < 4.78 is 38.5. The number of aryl methyl sites for hydroxylation is 1. The average molecular weight is 331 g/mol. The van der Waals surface area contributed by atoms with Crippen LogP contribution in [-0.2, 0) is 6.18 Å². The molecule has 1 aromatic carbocycles. The van der Waals surface area contributed by atoms with Gasteiger partial charge in [-0.3, -0.25) is 9.78 Å². The number of fused-ring (bicyclic) bond motifs is 1. The van der Waals surface area contributed by atoms with E-state index in [9.17, 15) is 18.0 Å². The lowest BCUT2D eigenvalue weighted by atomic mass is 9.97. The third kappa shape index (κ3) is 2.80. The van der Waals surface area contributed by atoms with Crippen LogP contribution in [-0.4, -0.2) is 15.9 Å². The zero-order valence-electron chi connectivity index (χ0n) is 12.6. The number of halogens is 3. The van der Waals surface area contributed by atoms with Crippen LogP contribution in [0.1, 0.15) is 21.6 Å². The molecule has 0 bridgehead atoms. The Morgan fingerprint density at radius 1 is 1.08 bits per heavy atom. The van der Waals surface area contributed by atoms with Gasteiger partial charge in [0.1, 0.15) is 5.69 Å². The third-order valence-electron chi connectivity index (χ3n) is 3.70. The Morgan fingerprint density at radius 2 is 1.83 bits per heavy atom. The molecule has 24 heavy (non-hydrogen) atoms. The van der Waals surface area contributed by atoms with E-state index in [2.05, 4.69) is 9.97 Å². The number of nitrogens with zero attached hydrogens (tertiary/aromatic N) is 2. The smallest absolute Gasteiger partial charge is 0.364 e. The van der Waals surface area contributed by atoms with Crippen molar-refractivity contribution in [3.05, 3.63) is 59.5 Å². The zero-order chi connectivity index (χ0) is 17.5. The summed E-state index contributed by atoms with van der Waals surface area (Å²) in [6, 6.07) is 6.60. The first kappa shape index (κ1) is 15.9. The molecule has 0 radical (unpaired) electrons. The molecule has 2 aromatic heterocycles. The van der Waals surface area contributed by atoms with Gasteiger partial charge in [-0.25, -0.2) is 4.98 Å². The van der Waals surface area contributed by atoms with Gasteiger partial charge >= 0.3 is 6.18 Å². The molecule has 7 heteroatoms. The van der Waals surface area contributed by atoms with E-state index in [0.717, 1.165) is 12.1 Å². The second-order valence-corrected chi connectivity index (χ2v) is 5.35. The van der Waals surface area contributed by atoms with Gasteiger partial charge in [-0.2, -0.15) is 13.2 Å². The molecule has 0 saturated carbocycles. The Hall–Kier alpha value is -2.96. The lowest BCUT2D eigenvalue weighted by molar-refractivity contribution is -0.137. The Morgan fingerprint density at radius 3 is 2.46 bits per heavy atom. The van der Waals surface area contributed by atoms with Crippen molar-refractivity contribution >= 4 is 16.8 Å². The van der Waals surface area contributed by atoms with E-state index in [4.69, 9.17) is 5.73 Å². The first-order valence-electron chi connectivity index (χ1n) is 7.00. The van der Waals surface area contributed by atoms with Crippen molar-refractivity contribution < 1.29 is 18.0 Å². The van der Waals surface area contributed by atoms with E-state index in [-0.39, 0.29) is 5.69 Å². The standard InChI is InChI=1S/C17H12F3N3O/c1-9-6-11(17(18,19)20)3-4-12(9)13-8-22-7-10-2-5-14(16(21)24)23-15(10)13/h2-8H,1H3,(H2,21,24). The second kappa shape index (κ2) is 5.59. The van der Waals surface area contributed by atoms with Crippen molar-refractivity contribution in [2.75, 3.05) is 0 Å². The number of pyridine rings is 2. The van der Waals surface area contributed by atoms with Crippen molar-refractivity contribution in [2.45, 2.75) is 13.1 Å². The van der Waals surface area contributed by atoms with Gasteiger partial charge in [0, 0.05) is 23.3 Å². The molecule has 0 fully saturated rings. The minimum absolute atomic E-state index is 0.0829. The molecule has 122 valence electrons. The molecule has 1 amide bonds. The quantitative estimate of drug-likeness (QED) is 0.778. The molecule has 0 aliphatic heterocycles. The van der Waals surface area contributed by atoms with Crippen LogP contribution in [0.25, 0.3) is 22.0 Å². The van der Waals surface area contributed by atoms with Crippen molar-refractivity contribution in [3.63, 3.8) is 0 Å². The van der Waals surface area contributed by atoms with Gasteiger partial charge in [-0.05, 0) is 42.3 Å². The average Bonchev–Trinajstić information content (AvgIpc) is 2.53. The van der Waals surface area contributed by atoms with Gasteiger partial charge in [0.25, 0.3) is 5.91 Å². The molecule has 0 spiro atoms. The molecule has 0 aliphatic carbocycles. The summed E-state index contributed by atoms with van der Waals surface area (Å²) in [5.41, 5.74) is 6.62. The van der Waals surface area contributed by atoms with Crippen LogP contribution < -0.4 is 5.73 Å². The van der Waals surface area contributed by atoms with Gasteiger partial charge in [0.15, 0.2) is 0 Å². The second-order valence-electron chi connectivity index (χ2n) is 5.35. The first-order valence-corrected chi connectivity index (χ1v) is 7.00. The number of carbonyl (C=O) groups excluding carboxylic acids is 1. The molecule has 0 aliphatic rings. The number of hydrogen-bond acceptors (Lipinski definition) is 3. The number of primary amides is 1. The number of alkyl halides is 3. The number of aromatic nitrogens is 2. The van der Waals surface area contributed by atoms with Crippen molar-refractivity contribution in [1.29, 1.82) is 0 Å². The summed E-state index contributed by atoms with van der Waals surface area (Å²) in [6.45, 7) is 1.58. The van der Waals surface area contributed by atoms with Crippen LogP contribution in [0.4, 0.5) is 13.2 Å². The molecule has 2 heterocycles. The van der Waals surface area contributed by atoms with Crippen LogP contribution in [0.15, 0.2) is 42.7 Å². The zero-order valence-corrected chi connectivity index (χ0v) is 12.6. The molecule has 0 atom stereocenters. The van der Waals surface area contributed by atoms with E-state index >= 15 is 0 Å². The maximum atomic E-state index is 12.8. The van der Waals surface area contributed by atoms with E-state index in [1.807, 2.05) is 0 Å². The van der Waals surface area contributed by atoms with E-state index < -0.39 is 17.6 Å². The lowest BCUT2D eigenvalue weighted by Crippen LogP contribution is -2.13. The van der Waals surface area contributed by atoms with Crippen molar-refractivity contribution in [3.8, 4) is 11.1 Å². The normalized spacial score (nSPS) is 11.7. The van der Waals surface area contributed by atoms with Crippen molar-refractivity contribution in [1.82, 2.24) is 9.97 Å². The molecular weight excluding hydrogens is 319 g/mol. The minimum Gasteiger partial charge on any atom is -0.364 e. The third-order valence-corrected chi connectivity index (χ3v) is 3.70. The fourth-order valence-electron chi connectivity index (χ4n) is 2.52. The van der Waals surface area contributed by atoms with Gasteiger partial charge < -0.3 is 5.73 Å². The molecule has 3 aromatic rings. The summed E-state index contributed by atoms with van der Waals surface area (Å²) >= 11 is 0. The SMILES string of the molecule is Cc1cc(C(F)(F)F)ccc1-c1cncc2ccc(C(N)=O)nc12. The number of carbonyl (C=O) groups is 1. The Bertz CT molecular complexity index is 951. The lowest BCUT2D eigenvalue weighted by Gasteiger charge is -2.12. The first-order chi connectivity index (χ1) is 11.3. The summed E-state index contributed by atoms with van der Waals surface area (Å²) in [7, 11) is 0. The largest absolute Gasteiger partial charge is 0.416 e. The summed E-state index contributed by atoms with van der Waals surface area (Å²) in [5.74, 6) is -0.677. The molecule has 4 nitrogen and oxygen atoms in total. The monoisotopic (exact) mass is 331 g/mol. The van der Waals surface area contributed by atoms with E-state index in [0.29, 0.717) is 27.6 Å². The van der Waals surface area contributed by atoms with Crippen LogP contribution in [0.2, 0.25) is 0 Å². The van der Waals surface area contributed by atoms with Crippen LogP contribution >= 0.6 is 0 Å². The van der Waals surface area contributed by atoms with Crippen LogP contribution in [0.3, 0.4) is 0 Å². The van der Waals surface area contributed by atoms with Crippen LogP contribution in [0.5, 0.6) is 0 Å². The number of amides is 1. The van der Waals surface area contributed by atoms with Gasteiger partial charge in [0.05, 0.1) is 11.1 Å². The number of nitrogens with two attached hydrogens (primary N) is 1. The Labute approximate surface area is 135 Å². The van der Waals surface area contributed by atoms with E-state index in [1.54, 1.807) is 19.2 Å². The molecule has 2 N–H and O–H groups in total. The minimum atomic E-state index is -4.41. The van der Waals surface area contributed by atoms with Crippen molar-refractivity contribution in [2.24, 2.45) is 5.73 Å².